The number of carbonyl (C=O) groups is 1. The third-order valence-corrected chi connectivity index (χ3v) is 2.89. The largest absolute Gasteiger partial charge is 0.481 e. The number of aliphatic carboxylic acids is 1. The molecule has 0 aliphatic heterocycles. The molecule has 0 aromatic heterocycles. The van der Waals surface area contributed by atoms with Gasteiger partial charge in [-0.25, -0.2) is 0 Å². The Bertz CT molecular complexity index is 318. The Kier molecular flexibility index (Phi) is 2.53. The van der Waals surface area contributed by atoms with E-state index in [1.165, 1.54) is 5.56 Å². The molecule has 14 heavy (non-hydrogen) atoms. The zero-order valence-electron chi connectivity index (χ0n) is 8.02. The molecule has 0 heterocycles. The Morgan fingerprint density at radius 1 is 1.36 bits per heavy atom. The van der Waals surface area contributed by atoms with Gasteiger partial charge in [-0.2, -0.15) is 0 Å². The van der Waals surface area contributed by atoms with E-state index in [2.05, 4.69) is 12.1 Å². The van der Waals surface area contributed by atoms with Crippen molar-refractivity contribution in [2.45, 2.75) is 19.3 Å². The van der Waals surface area contributed by atoms with Crippen LogP contribution >= 0.6 is 0 Å². The minimum atomic E-state index is -0.622. The fraction of sp³-hybridized carbons (Fsp3) is 0.417. The van der Waals surface area contributed by atoms with Gasteiger partial charge in [0, 0.05) is 0 Å². The van der Waals surface area contributed by atoms with Crippen LogP contribution in [0.25, 0.3) is 0 Å². The molecule has 1 aliphatic carbocycles. The van der Waals surface area contributed by atoms with E-state index in [1.807, 2.05) is 18.2 Å². The Morgan fingerprint density at radius 3 is 2.64 bits per heavy atom. The van der Waals surface area contributed by atoms with Crippen molar-refractivity contribution < 1.29 is 9.90 Å². The van der Waals surface area contributed by atoms with Crippen molar-refractivity contribution in [2.75, 3.05) is 0 Å². The lowest BCUT2D eigenvalue weighted by atomic mass is 10.1. The summed E-state index contributed by atoms with van der Waals surface area (Å²) < 4.78 is 0. The predicted octanol–water partition coefficient (Wildman–Crippen LogP) is 2.34. The normalized spacial score (nSPS) is 24.6. The number of rotatable bonds is 4. The Balaban J connectivity index is 1.77. The molecule has 2 nitrogen and oxygen atoms in total. The summed E-state index contributed by atoms with van der Waals surface area (Å²) in [6.45, 7) is 0. The number of benzene rings is 1. The summed E-state index contributed by atoms with van der Waals surface area (Å²) in [6, 6.07) is 10.2. The van der Waals surface area contributed by atoms with Gasteiger partial charge in [0.2, 0.25) is 0 Å². The average molecular weight is 190 g/mol. The van der Waals surface area contributed by atoms with Gasteiger partial charge in [0.25, 0.3) is 0 Å². The SMILES string of the molecule is O=C(O)[C@H]1C[C@@H]1CCc1ccccc1. The number of hydrogen-bond donors (Lipinski definition) is 1. The van der Waals surface area contributed by atoms with E-state index in [4.69, 9.17) is 5.11 Å². The van der Waals surface area contributed by atoms with Crippen molar-refractivity contribution in [2.24, 2.45) is 11.8 Å². The van der Waals surface area contributed by atoms with E-state index in [0.29, 0.717) is 5.92 Å². The molecule has 1 aromatic rings. The second-order valence-electron chi connectivity index (χ2n) is 3.96. The summed E-state index contributed by atoms with van der Waals surface area (Å²) in [6.07, 6.45) is 2.90. The molecule has 2 heteroatoms. The molecule has 2 atom stereocenters. The molecule has 0 amide bonds. The summed E-state index contributed by atoms with van der Waals surface area (Å²) >= 11 is 0. The smallest absolute Gasteiger partial charge is 0.306 e. The van der Waals surface area contributed by atoms with Crippen molar-refractivity contribution >= 4 is 5.97 Å². The van der Waals surface area contributed by atoms with Gasteiger partial charge in [0.15, 0.2) is 0 Å². The van der Waals surface area contributed by atoms with Crippen LogP contribution in [-0.2, 0) is 11.2 Å². The van der Waals surface area contributed by atoms with Crippen LogP contribution in [0.4, 0.5) is 0 Å². The molecule has 2 rings (SSSR count). The molecule has 74 valence electrons. The second-order valence-corrected chi connectivity index (χ2v) is 3.96. The van der Waals surface area contributed by atoms with Crippen LogP contribution in [0.2, 0.25) is 0 Å². The molecule has 0 radical (unpaired) electrons. The van der Waals surface area contributed by atoms with Crippen LogP contribution < -0.4 is 0 Å². The van der Waals surface area contributed by atoms with Crippen molar-refractivity contribution in [3.8, 4) is 0 Å². The molecule has 0 bridgehead atoms. The molecule has 1 aromatic carbocycles. The van der Waals surface area contributed by atoms with Gasteiger partial charge in [-0.15, -0.1) is 0 Å². The molecule has 0 unspecified atom stereocenters. The minimum absolute atomic E-state index is 0.0567. The second kappa shape index (κ2) is 3.82. The first kappa shape index (κ1) is 9.25. The Labute approximate surface area is 83.6 Å². The maximum atomic E-state index is 10.6. The molecule has 0 saturated heterocycles. The topological polar surface area (TPSA) is 37.3 Å². The lowest BCUT2D eigenvalue weighted by molar-refractivity contribution is -0.138. The van der Waals surface area contributed by atoms with Gasteiger partial charge in [0.1, 0.15) is 0 Å². The minimum Gasteiger partial charge on any atom is -0.481 e. The monoisotopic (exact) mass is 190 g/mol. The van der Waals surface area contributed by atoms with Crippen molar-refractivity contribution in [3.63, 3.8) is 0 Å². The maximum Gasteiger partial charge on any atom is 0.306 e. The quantitative estimate of drug-likeness (QED) is 0.791. The number of hydrogen-bond acceptors (Lipinski definition) is 1. The Hall–Kier alpha value is -1.31. The third-order valence-electron chi connectivity index (χ3n) is 2.89. The molecule has 1 aliphatic rings. The Morgan fingerprint density at radius 2 is 2.07 bits per heavy atom. The zero-order valence-corrected chi connectivity index (χ0v) is 8.02. The van der Waals surface area contributed by atoms with Gasteiger partial charge in [-0.05, 0) is 30.7 Å². The van der Waals surface area contributed by atoms with Crippen LogP contribution in [0.5, 0.6) is 0 Å². The average Bonchev–Trinajstić information content (AvgIpc) is 2.96. The van der Waals surface area contributed by atoms with Gasteiger partial charge in [0.05, 0.1) is 5.92 Å². The van der Waals surface area contributed by atoms with E-state index in [0.717, 1.165) is 19.3 Å². The summed E-state index contributed by atoms with van der Waals surface area (Å²) in [5, 5.41) is 8.72. The third kappa shape index (κ3) is 2.13. The van der Waals surface area contributed by atoms with Gasteiger partial charge in [-0.1, -0.05) is 30.3 Å². The highest BCUT2D eigenvalue weighted by molar-refractivity contribution is 5.73. The highest BCUT2D eigenvalue weighted by atomic mass is 16.4. The van der Waals surface area contributed by atoms with Crippen molar-refractivity contribution in [3.05, 3.63) is 35.9 Å². The molecule has 1 fully saturated rings. The molecule has 0 spiro atoms. The van der Waals surface area contributed by atoms with Crippen LogP contribution in [0.1, 0.15) is 18.4 Å². The van der Waals surface area contributed by atoms with Crippen LogP contribution in [0, 0.1) is 11.8 Å². The highest BCUT2D eigenvalue weighted by Crippen LogP contribution is 2.41. The number of carboxylic acids is 1. The molecular formula is C12H14O2. The lowest BCUT2D eigenvalue weighted by Gasteiger charge is -1.99. The summed E-state index contributed by atoms with van der Waals surface area (Å²) in [4.78, 5) is 10.6. The number of carboxylic acid groups (broad SMARTS) is 1. The number of aryl methyl sites for hydroxylation is 1. The van der Waals surface area contributed by atoms with E-state index < -0.39 is 5.97 Å². The summed E-state index contributed by atoms with van der Waals surface area (Å²) in [5.74, 6) is -0.255. The fourth-order valence-electron chi connectivity index (χ4n) is 1.87. The highest BCUT2D eigenvalue weighted by Gasteiger charge is 2.42. The summed E-state index contributed by atoms with van der Waals surface area (Å²) in [7, 11) is 0. The maximum absolute atomic E-state index is 10.6. The van der Waals surface area contributed by atoms with Crippen molar-refractivity contribution in [1.82, 2.24) is 0 Å². The van der Waals surface area contributed by atoms with E-state index >= 15 is 0 Å². The van der Waals surface area contributed by atoms with Gasteiger partial charge < -0.3 is 5.11 Å². The first-order chi connectivity index (χ1) is 6.77. The van der Waals surface area contributed by atoms with E-state index in [-0.39, 0.29) is 5.92 Å². The van der Waals surface area contributed by atoms with Crippen molar-refractivity contribution in [1.29, 1.82) is 0 Å². The first-order valence-electron chi connectivity index (χ1n) is 5.04. The lowest BCUT2D eigenvalue weighted by Crippen LogP contribution is -2.00. The fourth-order valence-corrected chi connectivity index (χ4v) is 1.87. The molecular weight excluding hydrogens is 176 g/mol. The predicted molar refractivity (Wildman–Crippen MR) is 54.0 cm³/mol. The van der Waals surface area contributed by atoms with Crippen LogP contribution in [-0.4, -0.2) is 11.1 Å². The molecule has 1 saturated carbocycles. The van der Waals surface area contributed by atoms with Crippen LogP contribution in [0.15, 0.2) is 30.3 Å². The summed E-state index contributed by atoms with van der Waals surface area (Å²) in [5.41, 5.74) is 1.31. The van der Waals surface area contributed by atoms with Gasteiger partial charge in [-0.3, -0.25) is 4.79 Å². The van der Waals surface area contributed by atoms with Crippen LogP contribution in [0.3, 0.4) is 0 Å². The van der Waals surface area contributed by atoms with E-state index in [1.54, 1.807) is 0 Å². The molecule has 1 N–H and O–H groups in total. The zero-order chi connectivity index (χ0) is 9.97. The first-order valence-corrected chi connectivity index (χ1v) is 5.04. The van der Waals surface area contributed by atoms with Gasteiger partial charge >= 0.3 is 5.97 Å². The van der Waals surface area contributed by atoms with E-state index in [9.17, 15) is 4.79 Å². The standard InChI is InChI=1S/C12H14O2/c13-12(14)11-8-10(11)7-6-9-4-2-1-3-5-9/h1-5,10-11H,6-8H2,(H,13,14)/t10-,11-/m0/s1.